The number of hydrogen-bond acceptors (Lipinski definition) is 7. The van der Waals surface area contributed by atoms with E-state index in [4.69, 9.17) is 4.42 Å². The van der Waals surface area contributed by atoms with Gasteiger partial charge in [-0.1, -0.05) is 30.3 Å². The fourth-order valence-corrected chi connectivity index (χ4v) is 5.61. The monoisotopic (exact) mass is 469 g/mol. The maximum absolute atomic E-state index is 13.8. The SMILES string of the molecule is Cc1ccc(N2C(=O)C3C(C2=O)C2c4ccccc4C=CN2C3C(=O)c2ccco2)cc1[N+](=O)[O-]. The average Bonchev–Trinajstić information content (AvgIpc) is 3.56. The molecule has 2 amide bonds. The van der Waals surface area contributed by atoms with Crippen LogP contribution in [0.5, 0.6) is 0 Å². The van der Waals surface area contributed by atoms with Gasteiger partial charge >= 0.3 is 0 Å². The lowest BCUT2D eigenvalue weighted by Gasteiger charge is -2.35. The van der Waals surface area contributed by atoms with Crippen molar-refractivity contribution in [3.05, 3.63) is 99.6 Å². The first-order chi connectivity index (χ1) is 16.9. The van der Waals surface area contributed by atoms with Gasteiger partial charge in [0.05, 0.1) is 34.8 Å². The normalized spacial score (nSPS) is 24.4. The van der Waals surface area contributed by atoms with Crippen molar-refractivity contribution in [2.75, 3.05) is 4.90 Å². The number of nitro groups is 1. The van der Waals surface area contributed by atoms with Crippen LogP contribution in [-0.2, 0) is 9.59 Å². The highest BCUT2D eigenvalue weighted by molar-refractivity contribution is 6.24. The van der Waals surface area contributed by atoms with E-state index in [1.165, 1.54) is 30.5 Å². The van der Waals surface area contributed by atoms with E-state index in [2.05, 4.69) is 0 Å². The average molecular weight is 469 g/mol. The summed E-state index contributed by atoms with van der Waals surface area (Å²) in [7, 11) is 0. The van der Waals surface area contributed by atoms with Crippen LogP contribution < -0.4 is 4.90 Å². The minimum atomic E-state index is -0.971. The highest BCUT2D eigenvalue weighted by atomic mass is 16.6. The van der Waals surface area contributed by atoms with Crippen molar-refractivity contribution in [1.82, 2.24) is 4.90 Å². The molecular formula is C26H19N3O6. The Morgan fingerprint density at radius 3 is 2.54 bits per heavy atom. The molecule has 3 aromatic rings. The summed E-state index contributed by atoms with van der Waals surface area (Å²) < 4.78 is 5.35. The van der Waals surface area contributed by atoms with E-state index >= 15 is 0 Å². The molecule has 2 aromatic carbocycles. The van der Waals surface area contributed by atoms with E-state index < -0.39 is 46.4 Å². The molecule has 35 heavy (non-hydrogen) atoms. The number of aryl methyl sites for hydroxylation is 1. The third-order valence-electron chi connectivity index (χ3n) is 7.14. The molecule has 4 unspecified atom stereocenters. The molecule has 1 aromatic heterocycles. The van der Waals surface area contributed by atoms with Crippen LogP contribution in [0.15, 0.2) is 71.5 Å². The molecule has 0 N–H and O–H groups in total. The molecule has 3 aliphatic rings. The lowest BCUT2D eigenvalue weighted by Crippen LogP contribution is -2.44. The molecule has 0 spiro atoms. The van der Waals surface area contributed by atoms with Gasteiger partial charge in [0.15, 0.2) is 5.76 Å². The molecule has 9 nitrogen and oxygen atoms in total. The summed E-state index contributed by atoms with van der Waals surface area (Å²) in [6.45, 7) is 1.59. The molecule has 9 heteroatoms. The summed E-state index contributed by atoms with van der Waals surface area (Å²) in [5.41, 5.74) is 2.11. The summed E-state index contributed by atoms with van der Waals surface area (Å²) in [5.74, 6) is -3.13. The van der Waals surface area contributed by atoms with Crippen LogP contribution in [0.25, 0.3) is 6.08 Å². The first kappa shape index (κ1) is 21.0. The molecule has 4 atom stereocenters. The van der Waals surface area contributed by atoms with Gasteiger partial charge in [0, 0.05) is 17.8 Å². The Kier molecular flexibility index (Phi) is 4.50. The number of hydrogen-bond donors (Lipinski definition) is 0. The van der Waals surface area contributed by atoms with E-state index in [1.54, 1.807) is 24.1 Å². The van der Waals surface area contributed by atoms with Gasteiger partial charge in [-0.3, -0.25) is 24.5 Å². The molecule has 4 heterocycles. The summed E-state index contributed by atoms with van der Waals surface area (Å²) in [4.78, 5) is 54.9. The Bertz CT molecular complexity index is 1440. The van der Waals surface area contributed by atoms with Gasteiger partial charge in [-0.2, -0.15) is 0 Å². The van der Waals surface area contributed by atoms with Crippen LogP contribution in [-0.4, -0.2) is 33.5 Å². The van der Waals surface area contributed by atoms with Crippen molar-refractivity contribution in [1.29, 1.82) is 0 Å². The standard InChI is InChI=1S/C26H19N3O6/c1-14-8-9-16(13-18(14)29(33)34)28-25(31)20-21(26(28)32)23(24(30)19-7-4-12-35-19)27-11-10-15-5-2-3-6-17(15)22(20)27/h2-13,20-23H,1H3. The number of amides is 2. The van der Waals surface area contributed by atoms with Gasteiger partial charge < -0.3 is 9.32 Å². The highest BCUT2D eigenvalue weighted by Gasteiger charge is 2.64. The van der Waals surface area contributed by atoms with Crippen LogP contribution in [0.4, 0.5) is 11.4 Å². The third kappa shape index (κ3) is 2.91. The number of rotatable bonds is 4. The van der Waals surface area contributed by atoms with Gasteiger partial charge in [0.2, 0.25) is 17.6 Å². The molecular weight excluding hydrogens is 450 g/mol. The second-order valence-corrected chi connectivity index (χ2v) is 8.91. The Balaban J connectivity index is 1.50. The first-order valence-electron chi connectivity index (χ1n) is 11.1. The van der Waals surface area contributed by atoms with E-state index in [0.717, 1.165) is 16.0 Å². The number of furan rings is 1. The van der Waals surface area contributed by atoms with Crippen molar-refractivity contribution in [3.8, 4) is 0 Å². The number of nitrogens with zero attached hydrogens (tertiary/aromatic N) is 3. The van der Waals surface area contributed by atoms with Gasteiger partial charge in [0.1, 0.15) is 6.04 Å². The zero-order valence-electron chi connectivity index (χ0n) is 18.5. The van der Waals surface area contributed by atoms with Gasteiger partial charge in [-0.05, 0) is 42.3 Å². The number of benzene rings is 2. The third-order valence-corrected chi connectivity index (χ3v) is 7.14. The van der Waals surface area contributed by atoms with Gasteiger partial charge in [-0.15, -0.1) is 0 Å². The fraction of sp³-hybridized carbons (Fsp3) is 0.192. The summed E-state index contributed by atoms with van der Waals surface area (Å²) >= 11 is 0. The van der Waals surface area contributed by atoms with Crippen molar-refractivity contribution in [2.24, 2.45) is 11.8 Å². The molecule has 0 aliphatic carbocycles. The van der Waals surface area contributed by atoms with E-state index in [0.29, 0.717) is 5.56 Å². The number of carbonyl (C=O) groups excluding carboxylic acids is 3. The zero-order chi connectivity index (χ0) is 24.4. The zero-order valence-corrected chi connectivity index (χ0v) is 18.5. The molecule has 0 bridgehead atoms. The number of ketones is 1. The second kappa shape index (κ2) is 7.49. The maximum atomic E-state index is 13.8. The second-order valence-electron chi connectivity index (χ2n) is 8.91. The first-order valence-corrected chi connectivity index (χ1v) is 11.1. The molecule has 174 valence electrons. The fourth-order valence-electron chi connectivity index (χ4n) is 5.61. The van der Waals surface area contributed by atoms with Crippen LogP contribution >= 0.6 is 0 Å². The predicted molar refractivity (Wildman–Crippen MR) is 124 cm³/mol. The molecule has 0 saturated carbocycles. The molecule has 2 fully saturated rings. The largest absolute Gasteiger partial charge is 0.461 e. The molecule has 3 aliphatic heterocycles. The van der Waals surface area contributed by atoms with Crippen molar-refractivity contribution in [3.63, 3.8) is 0 Å². The minimum Gasteiger partial charge on any atom is -0.461 e. The van der Waals surface area contributed by atoms with Gasteiger partial charge in [0.25, 0.3) is 5.69 Å². The van der Waals surface area contributed by atoms with Crippen molar-refractivity contribution in [2.45, 2.75) is 19.0 Å². The van der Waals surface area contributed by atoms with Crippen LogP contribution in [0.3, 0.4) is 0 Å². The molecule has 0 radical (unpaired) electrons. The van der Waals surface area contributed by atoms with Crippen molar-refractivity contribution >= 4 is 35.0 Å². The van der Waals surface area contributed by atoms with Gasteiger partial charge in [-0.25, -0.2) is 4.90 Å². The smallest absolute Gasteiger partial charge is 0.274 e. The van der Waals surface area contributed by atoms with E-state index in [1.807, 2.05) is 30.3 Å². The Morgan fingerprint density at radius 2 is 1.80 bits per heavy atom. The van der Waals surface area contributed by atoms with Crippen molar-refractivity contribution < 1.29 is 23.7 Å². The summed E-state index contributed by atoms with van der Waals surface area (Å²) in [6.07, 6.45) is 5.02. The van der Waals surface area contributed by atoms with Crippen LogP contribution in [0, 0.1) is 28.9 Å². The lowest BCUT2D eigenvalue weighted by molar-refractivity contribution is -0.385. The number of anilines is 1. The number of imide groups is 1. The number of carbonyl (C=O) groups is 3. The van der Waals surface area contributed by atoms with E-state index in [-0.39, 0.29) is 17.1 Å². The Hall–Kier alpha value is -4.53. The summed E-state index contributed by atoms with van der Waals surface area (Å²) in [6, 6.07) is 13.5. The summed E-state index contributed by atoms with van der Waals surface area (Å²) in [5, 5.41) is 11.5. The van der Waals surface area contributed by atoms with Crippen LogP contribution in [0.1, 0.15) is 33.3 Å². The quantitative estimate of drug-likeness (QED) is 0.246. The Morgan fingerprint density at radius 1 is 1.03 bits per heavy atom. The number of nitro benzene ring substituents is 1. The maximum Gasteiger partial charge on any atom is 0.274 e. The van der Waals surface area contributed by atoms with Crippen LogP contribution in [0.2, 0.25) is 0 Å². The molecule has 6 rings (SSSR count). The Labute approximate surface area is 199 Å². The number of Topliss-reactive ketones (excluding diaryl/α,β-unsaturated/α-hetero) is 1. The number of fused-ring (bicyclic) bond motifs is 5. The minimum absolute atomic E-state index is 0.103. The van der Waals surface area contributed by atoms with E-state index in [9.17, 15) is 24.5 Å². The highest BCUT2D eigenvalue weighted by Crippen LogP contribution is 2.53. The topological polar surface area (TPSA) is 114 Å². The molecule has 2 saturated heterocycles. The lowest BCUT2D eigenvalue weighted by atomic mass is 9.84. The predicted octanol–water partition coefficient (Wildman–Crippen LogP) is 3.89.